The lowest BCUT2D eigenvalue weighted by Crippen LogP contribution is -2.40. The minimum atomic E-state index is -0.00244. The van der Waals surface area contributed by atoms with E-state index in [1.54, 1.807) is 46.5 Å². The average Bonchev–Trinajstić information content (AvgIpc) is 3.70. The number of methoxy groups -OCH3 is 2. The number of anilines is 5. The molecule has 0 aliphatic heterocycles. The fourth-order valence-electron chi connectivity index (χ4n) is 9.80. The first-order valence-electron chi connectivity index (χ1n) is 28.2. The van der Waals surface area contributed by atoms with Crippen LogP contribution in [-0.2, 0) is 22.7 Å². The van der Waals surface area contributed by atoms with Crippen molar-refractivity contribution in [2.75, 3.05) is 57.1 Å². The fourth-order valence-corrected chi connectivity index (χ4v) is 10.7. The highest BCUT2D eigenvalue weighted by Gasteiger charge is 2.29. The summed E-state index contributed by atoms with van der Waals surface area (Å²) in [6, 6.07) is 27.0. The second-order valence-electron chi connectivity index (χ2n) is 20.2. The summed E-state index contributed by atoms with van der Waals surface area (Å²) in [7, 11) is 6.62. The highest BCUT2D eigenvalue weighted by atomic mass is 35.5. The van der Waals surface area contributed by atoms with E-state index in [0.717, 1.165) is 47.9 Å². The number of hydrogen-bond acceptors (Lipinski definition) is 16. The maximum Gasteiger partial charge on any atom is 0.233 e. The molecule has 5 N–H and O–H groups in total. The molecule has 2 saturated carbocycles. The summed E-state index contributed by atoms with van der Waals surface area (Å²) in [6.45, 7) is 6.79. The van der Waals surface area contributed by atoms with Gasteiger partial charge in [0.25, 0.3) is 0 Å². The number of ether oxygens (including phenoxy) is 4. The number of benzene rings is 4. The van der Waals surface area contributed by atoms with Gasteiger partial charge in [0.05, 0.1) is 48.9 Å². The van der Waals surface area contributed by atoms with Crippen LogP contribution in [0, 0.1) is 11.8 Å². The summed E-state index contributed by atoms with van der Waals surface area (Å²) in [5.74, 6) is 5.38. The Hall–Kier alpha value is -6.15. The van der Waals surface area contributed by atoms with Crippen molar-refractivity contribution in [3.8, 4) is 23.0 Å². The zero-order valence-corrected chi connectivity index (χ0v) is 51.9. The quantitative estimate of drug-likeness (QED) is 0.0337. The smallest absolute Gasteiger partial charge is 0.233 e. The number of nitrogens with one attached hydrogen (secondary N) is 5. The van der Waals surface area contributed by atoms with Gasteiger partial charge in [-0.3, -0.25) is 9.59 Å². The number of nitrogens with zero attached hydrogens (tertiary/aromatic N) is 7. The van der Waals surface area contributed by atoms with Crippen LogP contribution in [0.15, 0.2) is 84.9 Å². The topological polar surface area (TPSA) is 212 Å². The van der Waals surface area contributed by atoms with E-state index in [0.29, 0.717) is 102 Å². The van der Waals surface area contributed by atoms with Crippen molar-refractivity contribution in [2.45, 2.75) is 129 Å². The van der Waals surface area contributed by atoms with Gasteiger partial charge in [-0.2, -0.15) is 29.9 Å². The standard InChI is InChI=1S/C30H38Cl2N6O3.C21H34N2O3.C9H5Cl3N4/c1-20(21-10-5-4-6-11-21)38(30-36-28(32)35-29(37-30)34-25-13-8-7-12-24(25)31)19-22-15-16-23(18-26(22)40-3)41-17-9-14-27(39)33-2;1-16(17-8-5-4-6-9-17)23-15-18-11-12-19(14-20(18)25-3)26-13-7-10-21(24)22-2;10-5-3-1-2-4-6(5)13-9-15-7(11)14-8(12)16-9/h7-8,12-13,15-16,18,20-21H,4-6,9-11,14,17,19H2,1-3H3,(H,33,39)(H,34,35,36,37);11-12,14,16-17,23H,4-10,13,15H2,1-3H3,(H,22,24);1-4H,(H,13,14,15,16)/t20-;16-;/m00./s1. The number of carbonyl (C=O) groups excluding carboxylic acids is 2. The maximum absolute atomic E-state index is 11.5. The minimum absolute atomic E-state index is 0.00244. The Morgan fingerprint density at radius 1 is 0.578 bits per heavy atom. The van der Waals surface area contributed by atoms with E-state index >= 15 is 0 Å². The third-order valence-electron chi connectivity index (χ3n) is 14.5. The zero-order chi connectivity index (χ0) is 59.5. The van der Waals surface area contributed by atoms with Crippen LogP contribution in [0.3, 0.4) is 0 Å². The monoisotopic (exact) mass is 1240 g/mol. The molecule has 4 aromatic carbocycles. The number of carbonyl (C=O) groups is 2. The van der Waals surface area contributed by atoms with Crippen molar-refractivity contribution >= 4 is 99.0 Å². The molecule has 18 nitrogen and oxygen atoms in total. The third-order valence-corrected chi connectivity index (χ3v) is 15.7. The van der Waals surface area contributed by atoms with Gasteiger partial charge in [-0.25, -0.2) is 0 Å². The van der Waals surface area contributed by atoms with Crippen LogP contribution in [0.25, 0.3) is 0 Å². The molecule has 6 aromatic rings. The first-order chi connectivity index (χ1) is 40.2. The van der Waals surface area contributed by atoms with Crippen LogP contribution in [0.4, 0.5) is 29.2 Å². The van der Waals surface area contributed by atoms with Crippen LogP contribution in [-0.4, -0.2) is 95.3 Å². The van der Waals surface area contributed by atoms with Crippen molar-refractivity contribution < 1.29 is 28.5 Å². The zero-order valence-electron chi connectivity index (χ0n) is 48.1. The van der Waals surface area contributed by atoms with Gasteiger partial charge in [0.1, 0.15) is 23.0 Å². The van der Waals surface area contributed by atoms with Crippen LogP contribution < -0.4 is 50.4 Å². The first kappa shape index (κ1) is 66.0. The van der Waals surface area contributed by atoms with E-state index in [-0.39, 0.29) is 39.7 Å². The lowest BCUT2D eigenvalue weighted by molar-refractivity contribution is -0.121. The highest BCUT2D eigenvalue weighted by Crippen LogP contribution is 2.35. The summed E-state index contributed by atoms with van der Waals surface area (Å²) in [5, 5.41) is 16.2. The van der Waals surface area contributed by atoms with Crippen LogP contribution in [0.5, 0.6) is 23.0 Å². The predicted octanol–water partition coefficient (Wildman–Crippen LogP) is 14.0. The van der Waals surface area contributed by atoms with Gasteiger partial charge in [0.2, 0.25) is 45.5 Å². The molecule has 2 aliphatic carbocycles. The van der Waals surface area contributed by atoms with E-state index in [9.17, 15) is 9.59 Å². The second-order valence-corrected chi connectivity index (χ2v) is 22.0. The number of aromatic nitrogens is 6. The van der Waals surface area contributed by atoms with Gasteiger partial charge >= 0.3 is 0 Å². The molecular formula is C60H77Cl5N12O6. The van der Waals surface area contributed by atoms with Crippen molar-refractivity contribution in [1.82, 2.24) is 45.9 Å². The molecule has 448 valence electrons. The summed E-state index contributed by atoms with van der Waals surface area (Å²) < 4.78 is 22.9. The summed E-state index contributed by atoms with van der Waals surface area (Å²) in [4.78, 5) is 49.9. The number of amides is 2. The van der Waals surface area contributed by atoms with E-state index in [2.05, 4.69) is 76.3 Å². The van der Waals surface area contributed by atoms with Gasteiger partial charge < -0.3 is 50.4 Å². The Balaban J connectivity index is 0.000000223. The van der Waals surface area contributed by atoms with E-state index < -0.39 is 0 Å². The fraction of sp³-hybridized carbons (Fsp3) is 0.467. The molecule has 2 atom stereocenters. The van der Waals surface area contributed by atoms with Crippen LogP contribution >= 0.6 is 58.0 Å². The molecule has 2 aliphatic rings. The van der Waals surface area contributed by atoms with Crippen LogP contribution in [0.1, 0.15) is 115 Å². The average molecular weight is 1240 g/mol. The van der Waals surface area contributed by atoms with E-state index in [4.69, 9.17) is 81.9 Å². The number of para-hydroxylation sites is 2. The van der Waals surface area contributed by atoms with Gasteiger partial charge in [-0.15, -0.1) is 0 Å². The number of halogens is 5. The van der Waals surface area contributed by atoms with Gasteiger partial charge in [-0.1, -0.05) is 92.1 Å². The molecule has 8 rings (SSSR count). The highest BCUT2D eigenvalue weighted by molar-refractivity contribution is 6.34. The van der Waals surface area contributed by atoms with Gasteiger partial charge in [0, 0.05) is 75.4 Å². The molecule has 0 bridgehead atoms. The lowest BCUT2D eigenvalue weighted by atomic mass is 9.84. The molecule has 2 fully saturated rings. The maximum atomic E-state index is 11.5. The summed E-state index contributed by atoms with van der Waals surface area (Å²) in [5.41, 5.74) is 3.46. The molecule has 83 heavy (non-hydrogen) atoms. The molecule has 2 heterocycles. The molecule has 2 aromatic heterocycles. The normalized spacial score (nSPS) is 14.1. The van der Waals surface area contributed by atoms with Gasteiger partial charge in [-0.05, 0) is 141 Å². The third kappa shape index (κ3) is 22.1. The van der Waals surface area contributed by atoms with Crippen molar-refractivity contribution in [1.29, 1.82) is 0 Å². The van der Waals surface area contributed by atoms with Crippen LogP contribution in [0.2, 0.25) is 25.9 Å². The first-order valence-corrected chi connectivity index (χ1v) is 30.1. The number of rotatable bonds is 25. The molecular weight excluding hydrogens is 1160 g/mol. The van der Waals surface area contributed by atoms with Crippen molar-refractivity contribution in [3.63, 3.8) is 0 Å². The Labute approximate surface area is 513 Å². The molecule has 0 saturated heterocycles. The minimum Gasteiger partial charge on any atom is -0.496 e. The van der Waals surface area contributed by atoms with E-state index in [1.807, 2.05) is 60.7 Å². The second kappa shape index (κ2) is 35.2. The predicted molar refractivity (Wildman–Crippen MR) is 333 cm³/mol. The molecule has 0 spiro atoms. The van der Waals surface area contributed by atoms with Crippen molar-refractivity contribution in [2.24, 2.45) is 11.8 Å². The Bertz CT molecular complexity index is 2950. The number of hydrogen-bond donors (Lipinski definition) is 5. The van der Waals surface area contributed by atoms with Gasteiger partial charge in [0.15, 0.2) is 0 Å². The molecule has 2 amide bonds. The Morgan fingerprint density at radius 3 is 1.53 bits per heavy atom. The largest absolute Gasteiger partial charge is 0.496 e. The SMILES string of the molecule is CNC(=O)CCCOc1ccc(CN(c2nc(Cl)nc(Nc3ccccc3Cl)n2)[C@@H](C)C2CCCCC2)c(OC)c1.CNC(=O)CCCOc1ccc(CN[C@@H](C)C2CCCCC2)c(OC)c1.Clc1nc(Cl)nc(Nc2ccccc2Cl)n1. The molecule has 0 unspecified atom stereocenters. The Morgan fingerprint density at radius 2 is 1.04 bits per heavy atom. The Kier molecular flexibility index (Phi) is 28.0. The van der Waals surface area contributed by atoms with Crippen molar-refractivity contribution in [3.05, 3.63) is 122 Å². The lowest BCUT2D eigenvalue weighted by Gasteiger charge is -2.37. The summed E-state index contributed by atoms with van der Waals surface area (Å²) in [6.07, 6.45) is 15.0. The molecule has 0 radical (unpaired) electrons. The summed E-state index contributed by atoms with van der Waals surface area (Å²) >= 11 is 30.0. The molecule has 23 heteroatoms. The van der Waals surface area contributed by atoms with E-state index in [1.165, 1.54) is 51.4 Å².